The molecule has 1 heterocycles. The molecule has 24 heavy (non-hydrogen) atoms. The maximum atomic E-state index is 12.2. The van der Waals surface area contributed by atoms with Gasteiger partial charge in [-0.3, -0.25) is 14.7 Å². The summed E-state index contributed by atoms with van der Waals surface area (Å²) in [7, 11) is 3.67. The molecular weight excluding hydrogens is 306 g/mol. The number of nitrogens with zero attached hydrogens (tertiary/aromatic N) is 3. The molecule has 1 aliphatic rings. The van der Waals surface area contributed by atoms with Crippen LogP contribution in [-0.4, -0.2) is 87.7 Å². The average molecular weight is 342 g/mol. The molecular formula is C17H35N5O2. The van der Waals surface area contributed by atoms with E-state index in [9.17, 15) is 4.79 Å². The van der Waals surface area contributed by atoms with E-state index in [1.807, 2.05) is 21.0 Å². The van der Waals surface area contributed by atoms with Crippen molar-refractivity contribution < 1.29 is 9.53 Å². The molecule has 1 atom stereocenters. The minimum Gasteiger partial charge on any atom is -0.380 e. The molecule has 1 amide bonds. The Balaban J connectivity index is 2.33. The Labute approximate surface area is 146 Å². The Hall–Kier alpha value is -1.34. The summed E-state index contributed by atoms with van der Waals surface area (Å²) in [4.78, 5) is 20.8. The molecule has 7 heteroatoms. The zero-order valence-corrected chi connectivity index (χ0v) is 15.8. The molecule has 1 rings (SSSR count). The summed E-state index contributed by atoms with van der Waals surface area (Å²) in [5, 5.41) is 6.50. The van der Waals surface area contributed by atoms with E-state index in [4.69, 9.17) is 4.74 Å². The fourth-order valence-electron chi connectivity index (χ4n) is 2.86. The fraction of sp³-hybridized carbons (Fsp3) is 0.882. The smallest absolute Gasteiger partial charge is 0.239 e. The normalized spacial score (nSPS) is 18.7. The third-order valence-electron chi connectivity index (χ3n) is 4.05. The first-order valence-electron chi connectivity index (χ1n) is 9.15. The van der Waals surface area contributed by atoms with E-state index in [1.54, 1.807) is 4.90 Å². The van der Waals surface area contributed by atoms with Crippen molar-refractivity contribution in [2.24, 2.45) is 4.99 Å². The van der Waals surface area contributed by atoms with Gasteiger partial charge in [0.1, 0.15) is 0 Å². The minimum atomic E-state index is 0.0570. The standard InChI is InChI=1S/C17H35N5O2/c1-5-18-17(20-11-14-24-6-2)19-10-8-13-22-12-7-9-15(22)16(23)21(3)4/h15H,5-14H2,1-4H3,(H2,18,19,20). The van der Waals surface area contributed by atoms with Gasteiger partial charge in [-0.1, -0.05) is 0 Å². The number of hydrogen-bond donors (Lipinski definition) is 2. The van der Waals surface area contributed by atoms with Crippen LogP contribution in [0.3, 0.4) is 0 Å². The van der Waals surface area contributed by atoms with Crippen LogP contribution < -0.4 is 10.6 Å². The van der Waals surface area contributed by atoms with Gasteiger partial charge in [0.05, 0.1) is 12.6 Å². The number of carbonyl (C=O) groups excluding carboxylic acids is 1. The summed E-state index contributed by atoms with van der Waals surface area (Å²) in [6.07, 6.45) is 3.04. The Bertz CT molecular complexity index is 387. The molecule has 0 aromatic heterocycles. The van der Waals surface area contributed by atoms with E-state index >= 15 is 0 Å². The van der Waals surface area contributed by atoms with Gasteiger partial charge in [-0.05, 0) is 39.7 Å². The van der Waals surface area contributed by atoms with Gasteiger partial charge in [0, 0.05) is 46.9 Å². The van der Waals surface area contributed by atoms with Crippen molar-refractivity contribution in [1.29, 1.82) is 0 Å². The van der Waals surface area contributed by atoms with Crippen molar-refractivity contribution in [2.75, 3.05) is 60.0 Å². The van der Waals surface area contributed by atoms with E-state index in [0.717, 1.165) is 64.6 Å². The second kappa shape index (κ2) is 12.1. The van der Waals surface area contributed by atoms with E-state index < -0.39 is 0 Å². The quantitative estimate of drug-likeness (QED) is 0.344. The summed E-state index contributed by atoms with van der Waals surface area (Å²) in [6, 6.07) is 0.0570. The molecule has 140 valence electrons. The molecule has 1 aliphatic heterocycles. The van der Waals surface area contributed by atoms with Gasteiger partial charge < -0.3 is 20.3 Å². The van der Waals surface area contributed by atoms with Crippen molar-refractivity contribution in [2.45, 2.75) is 39.2 Å². The van der Waals surface area contributed by atoms with Crippen molar-refractivity contribution in [3.63, 3.8) is 0 Å². The van der Waals surface area contributed by atoms with Crippen molar-refractivity contribution in [3.8, 4) is 0 Å². The first-order chi connectivity index (χ1) is 11.6. The number of rotatable bonds is 10. The maximum Gasteiger partial charge on any atom is 0.239 e. The zero-order chi connectivity index (χ0) is 17.8. The fourth-order valence-corrected chi connectivity index (χ4v) is 2.86. The predicted molar refractivity (Wildman–Crippen MR) is 98.4 cm³/mol. The Morgan fingerprint density at radius 2 is 2.12 bits per heavy atom. The first-order valence-corrected chi connectivity index (χ1v) is 9.15. The number of guanidine groups is 1. The van der Waals surface area contributed by atoms with Crippen LogP contribution >= 0.6 is 0 Å². The lowest BCUT2D eigenvalue weighted by Crippen LogP contribution is -2.43. The summed E-state index contributed by atoms with van der Waals surface area (Å²) < 4.78 is 5.32. The third kappa shape index (κ3) is 7.49. The van der Waals surface area contributed by atoms with Gasteiger partial charge in [-0.2, -0.15) is 0 Å². The van der Waals surface area contributed by atoms with Crippen molar-refractivity contribution >= 4 is 11.9 Å². The highest BCUT2D eigenvalue weighted by Gasteiger charge is 2.30. The molecule has 0 aromatic rings. The summed E-state index contributed by atoms with van der Waals surface area (Å²) in [6.45, 7) is 9.75. The van der Waals surface area contributed by atoms with Crippen LogP contribution in [0, 0.1) is 0 Å². The van der Waals surface area contributed by atoms with Gasteiger partial charge in [0.2, 0.25) is 5.91 Å². The van der Waals surface area contributed by atoms with Crippen LogP contribution in [0.5, 0.6) is 0 Å². The van der Waals surface area contributed by atoms with Crippen molar-refractivity contribution in [3.05, 3.63) is 0 Å². The molecule has 0 aromatic carbocycles. The number of likely N-dealkylation sites (tertiary alicyclic amines) is 1. The van der Waals surface area contributed by atoms with E-state index in [-0.39, 0.29) is 11.9 Å². The maximum absolute atomic E-state index is 12.2. The molecule has 1 unspecified atom stereocenters. The lowest BCUT2D eigenvalue weighted by Gasteiger charge is -2.25. The SMILES string of the molecule is CCNC(=NCCCN1CCCC1C(=O)N(C)C)NCCOCC. The van der Waals surface area contributed by atoms with Crippen LogP contribution in [0.15, 0.2) is 4.99 Å². The highest BCUT2D eigenvalue weighted by molar-refractivity contribution is 5.81. The van der Waals surface area contributed by atoms with Crippen LogP contribution in [0.4, 0.5) is 0 Å². The Kier molecular flexibility index (Phi) is 10.4. The van der Waals surface area contributed by atoms with Gasteiger partial charge in [0.25, 0.3) is 0 Å². The molecule has 0 spiro atoms. The lowest BCUT2D eigenvalue weighted by atomic mass is 10.2. The molecule has 0 radical (unpaired) electrons. The number of ether oxygens (including phenoxy) is 1. The largest absolute Gasteiger partial charge is 0.380 e. The minimum absolute atomic E-state index is 0.0570. The lowest BCUT2D eigenvalue weighted by molar-refractivity contribution is -0.133. The van der Waals surface area contributed by atoms with Crippen LogP contribution in [0.1, 0.15) is 33.1 Å². The second-order valence-corrected chi connectivity index (χ2v) is 6.16. The monoisotopic (exact) mass is 341 g/mol. The van der Waals surface area contributed by atoms with Gasteiger partial charge in [-0.15, -0.1) is 0 Å². The van der Waals surface area contributed by atoms with E-state index in [0.29, 0.717) is 6.61 Å². The van der Waals surface area contributed by atoms with Gasteiger partial charge in [0.15, 0.2) is 5.96 Å². The highest BCUT2D eigenvalue weighted by atomic mass is 16.5. The first kappa shape index (κ1) is 20.7. The average Bonchev–Trinajstić information content (AvgIpc) is 3.02. The number of likely N-dealkylation sites (N-methyl/N-ethyl adjacent to an activating group) is 1. The molecule has 0 bridgehead atoms. The third-order valence-corrected chi connectivity index (χ3v) is 4.05. The molecule has 7 nitrogen and oxygen atoms in total. The van der Waals surface area contributed by atoms with Gasteiger partial charge in [-0.25, -0.2) is 0 Å². The van der Waals surface area contributed by atoms with Crippen LogP contribution in [0.2, 0.25) is 0 Å². The van der Waals surface area contributed by atoms with Crippen molar-refractivity contribution in [1.82, 2.24) is 20.4 Å². The zero-order valence-electron chi connectivity index (χ0n) is 15.8. The number of hydrogen-bond acceptors (Lipinski definition) is 4. The predicted octanol–water partition coefficient (Wildman–Crippen LogP) is 0.521. The van der Waals surface area contributed by atoms with E-state index in [1.165, 1.54) is 0 Å². The number of amides is 1. The van der Waals surface area contributed by atoms with Crippen LogP contribution in [-0.2, 0) is 9.53 Å². The number of aliphatic imine (C=N–C) groups is 1. The second-order valence-electron chi connectivity index (χ2n) is 6.16. The molecule has 2 N–H and O–H groups in total. The topological polar surface area (TPSA) is 69.2 Å². The number of carbonyl (C=O) groups is 1. The molecule has 0 aliphatic carbocycles. The molecule has 1 fully saturated rings. The molecule has 1 saturated heterocycles. The number of nitrogens with one attached hydrogen (secondary N) is 2. The highest BCUT2D eigenvalue weighted by Crippen LogP contribution is 2.18. The Morgan fingerprint density at radius 3 is 2.79 bits per heavy atom. The summed E-state index contributed by atoms with van der Waals surface area (Å²) >= 11 is 0. The summed E-state index contributed by atoms with van der Waals surface area (Å²) in [5.74, 6) is 1.06. The van der Waals surface area contributed by atoms with Crippen LogP contribution in [0.25, 0.3) is 0 Å². The summed E-state index contributed by atoms with van der Waals surface area (Å²) in [5.41, 5.74) is 0. The van der Waals surface area contributed by atoms with Gasteiger partial charge >= 0.3 is 0 Å². The Morgan fingerprint density at radius 1 is 1.33 bits per heavy atom. The molecule has 0 saturated carbocycles. The van der Waals surface area contributed by atoms with E-state index in [2.05, 4.69) is 27.4 Å².